The minimum Gasteiger partial charge on any atom is -0.399 e. The number of anilines is 1. The van der Waals surface area contributed by atoms with Crippen molar-refractivity contribution in [3.63, 3.8) is 0 Å². The van der Waals surface area contributed by atoms with Gasteiger partial charge in [0.1, 0.15) is 0 Å². The van der Waals surface area contributed by atoms with Crippen molar-refractivity contribution in [2.24, 2.45) is 0 Å². The van der Waals surface area contributed by atoms with Crippen LogP contribution in [-0.2, 0) is 11.2 Å². The summed E-state index contributed by atoms with van der Waals surface area (Å²) < 4.78 is 0.853. The summed E-state index contributed by atoms with van der Waals surface area (Å²) >= 11 is 8.73. The molecule has 0 saturated carbocycles. The molecule has 0 fully saturated rings. The SMILES string of the molecule is Nc1ccc(CC(=O)CCl)c(Br)c1. The van der Waals surface area contributed by atoms with E-state index in [0.717, 1.165) is 10.0 Å². The highest BCUT2D eigenvalue weighted by Gasteiger charge is 2.05. The summed E-state index contributed by atoms with van der Waals surface area (Å²) in [5, 5.41) is 0. The summed E-state index contributed by atoms with van der Waals surface area (Å²) in [5.74, 6) is 0.0590. The fourth-order valence-electron chi connectivity index (χ4n) is 0.967. The second kappa shape index (κ2) is 4.63. The Hall–Kier alpha value is -0.540. The molecule has 0 amide bonds. The Balaban J connectivity index is 2.83. The smallest absolute Gasteiger partial charge is 0.151 e. The lowest BCUT2D eigenvalue weighted by Crippen LogP contribution is -2.04. The zero-order valence-corrected chi connectivity index (χ0v) is 9.23. The molecule has 2 N–H and O–H groups in total. The molecular weight excluding hydrogens is 253 g/mol. The van der Waals surface area contributed by atoms with Gasteiger partial charge < -0.3 is 5.73 Å². The molecule has 1 aromatic rings. The van der Waals surface area contributed by atoms with Gasteiger partial charge in [-0.15, -0.1) is 11.6 Å². The van der Waals surface area contributed by atoms with Crippen LogP contribution in [-0.4, -0.2) is 11.7 Å². The van der Waals surface area contributed by atoms with Gasteiger partial charge >= 0.3 is 0 Å². The number of hydrogen-bond acceptors (Lipinski definition) is 2. The molecule has 0 saturated heterocycles. The third-order valence-corrected chi connectivity index (χ3v) is 2.65. The molecule has 70 valence electrons. The van der Waals surface area contributed by atoms with Gasteiger partial charge in [-0.3, -0.25) is 4.79 Å². The van der Waals surface area contributed by atoms with E-state index in [9.17, 15) is 4.79 Å². The molecule has 0 spiro atoms. The molecular formula is C9H9BrClNO. The molecule has 1 rings (SSSR count). The van der Waals surface area contributed by atoms with E-state index in [4.69, 9.17) is 17.3 Å². The van der Waals surface area contributed by atoms with E-state index >= 15 is 0 Å². The van der Waals surface area contributed by atoms with Gasteiger partial charge in [-0.1, -0.05) is 22.0 Å². The van der Waals surface area contributed by atoms with Crippen molar-refractivity contribution in [1.29, 1.82) is 0 Å². The predicted octanol–water partition coefficient (Wildman–Crippen LogP) is 2.38. The van der Waals surface area contributed by atoms with Crippen LogP contribution in [0.15, 0.2) is 22.7 Å². The first-order valence-corrected chi connectivity index (χ1v) is 5.08. The average Bonchev–Trinajstić information content (AvgIpc) is 2.09. The van der Waals surface area contributed by atoms with Crippen LogP contribution >= 0.6 is 27.5 Å². The molecule has 0 atom stereocenters. The van der Waals surface area contributed by atoms with E-state index in [0.29, 0.717) is 12.1 Å². The number of benzene rings is 1. The number of halogens is 2. The van der Waals surface area contributed by atoms with Crippen LogP contribution in [0.2, 0.25) is 0 Å². The maximum absolute atomic E-state index is 11.0. The number of nitrogens with two attached hydrogens (primary N) is 1. The Kier molecular flexibility index (Phi) is 3.75. The van der Waals surface area contributed by atoms with Crippen LogP contribution in [0.1, 0.15) is 5.56 Å². The van der Waals surface area contributed by atoms with Gasteiger partial charge in [0.15, 0.2) is 5.78 Å². The van der Waals surface area contributed by atoms with Crippen LogP contribution in [0.4, 0.5) is 5.69 Å². The minimum absolute atomic E-state index is 0.00661. The number of alkyl halides is 1. The van der Waals surface area contributed by atoms with E-state index in [1.54, 1.807) is 12.1 Å². The number of rotatable bonds is 3. The van der Waals surface area contributed by atoms with Gasteiger partial charge in [0.05, 0.1) is 5.88 Å². The van der Waals surface area contributed by atoms with Gasteiger partial charge in [-0.05, 0) is 17.7 Å². The van der Waals surface area contributed by atoms with Gasteiger partial charge in [-0.2, -0.15) is 0 Å². The first kappa shape index (κ1) is 10.5. The quantitative estimate of drug-likeness (QED) is 0.671. The summed E-state index contributed by atoms with van der Waals surface area (Å²) in [6.45, 7) is 0. The summed E-state index contributed by atoms with van der Waals surface area (Å²) in [6, 6.07) is 5.36. The van der Waals surface area contributed by atoms with Gasteiger partial charge in [0.25, 0.3) is 0 Å². The number of Topliss-reactive ketones (excluding diaryl/α,β-unsaturated/α-hetero) is 1. The van der Waals surface area contributed by atoms with Crippen LogP contribution in [0.25, 0.3) is 0 Å². The molecule has 0 aliphatic rings. The van der Waals surface area contributed by atoms with Crippen molar-refractivity contribution in [1.82, 2.24) is 0 Å². The lowest BCUT2D eigenvalue weighted by molar-refractivity contribution is -0.116. The number of hydrogen-bond donors (Lipinski definition) is 1. The number of ketones is 1. The first-order valence-electron chi connectivity index (χ1n) is 3.75. The zero-order chi connectivity index (χ0) is 9.84. The van der Waals surface area contributed by atoms with Crippen molar-refractivity contribution >= 4 is 39.0 Å². The molecule has 0 radical (unpaired) electrons. The van der Waals surface area contributed by atoms with Crippen molar-refractivity contribution < 1.29 is 4.79 Å². The first-order chi connectivity index (χ1) is 6.13. The normalized spacial score (nSPS) is 10.0. The lowest BCUT2D eigenvalue weighted by atomic mass is 10.1. The second-order valence-corrected chi connectivity index (χ2v) is 3.82. The Morgan fingerprint density at radius 2 is 2.23 bits per heavy atom. The molecule has 0 unspecified atom stereocenters. The van der Waals surface area contributed by atoms with Crippen molar-refractivity contribution in [2.75, 3.05) is 11.6 Å². The summed E-state index contributed by atoms with van der Waals surface area (Å²) in [5.41, 5.74) is 7.14. The standard InChI is InChI=1S/C9H9BrClNO/c10-9-4-7(12)2-1-6(9)3-8(13)5-11/h1-2,4H,3,5,12H2. The zero-order valence-electron chi connectivity index (χ0n) is 6.89. The Morgan fingerprint density at radius 3 is 2.77 bits per heavy atom. The predicted molar refractivity (Wildman–Crippen MR) is 58.0 cm³/mol. The van der Waals surface area contributed by atoms with Crippen LogP contribution in [0, 0.1) is 0 Å². The fraction of sp³-hybridized carbons (Fsp3) is 0.222. The molecule has 13 heavy (non-hydrogen) atoms. The summed E-state index contributed by atoms with van der Waals surface area (Å²) in [4.78, 5) is 11.0. The maximum Gasteiger partial charge on any atom is 0.151 e. The van der Waals surface area contributed by atoms with E-state index in [2.05, 4.69) is 15.9 Å². The number of carbonyl (C=O) groups excluding carboxylic acids is 1. The Labute approximate surface area is 90.2 Å². The van der Waals surface area contributed by atoms with Crippen LogP contribution < -0.4 is 5.73 Å². The Morgan fingerprint density at radius 1 is 1.54 bits per heavy atom. The topological polar surface area (TPSA) is 43.1 Å². The fourth-order valence-corrected chi connectivity index (χ4v) is 1.60. The maximum atomic E-state index is 11.0. The lowest BCUT2D eigenvalue weighted by Gasteiger charge is -2.02. The highest BCUT2D eigenvalue weighted by atomic mass is 79.9. The largest absolute Gasteiger partial charge is 0.399 e. The van der Waals surface area contributed by atoms with E-state index in [1.807, 2.05) is 6.07 Å². The molecule has 4 heteroatoms. The third-order valence-electron chi connectivity index (χ3n) is 1.61. The summed E-state index contributed by atoms with van der Waals surface area (Å²) in [6.07, 6.45) is 0.352. The van der Waals surface area contributed by atoms with E-state index in [1.165, 1.54) is 0 Å². The van der Waals surface area contributed by atoms with Crippen LogP contribution in [0.3, 0.4) is 0 Å². The van der Waals surface area contributed by atoms with Crippen molar-refractivity contribution in [3.05, 3.63) is 28.2 Å². The summed E-state index contributed by atoms with van der Waals surface area (Å²) in [7, 11) is 0. The number of nitrogen functional groups attached to an aromatic ring is 1. The van der Waals surface area contributed by atoms with Gasteiger partial charge in [0, 0.05) is 16.6 Å². The van der Waals surface area contributed by atoms with Crippen molar-refractivity contribution in [3.8, 4) is 0 Å². The second-order valence-electron chi connectivity index (χ2n) is 2.70. The van der Waals surface area contributed by atoms with Gasteiger partial charge in [-0.25, -0.2) is 0 Å². The molecule has 0 heterocycles. The third kappa shape index (κ3) is 3.01. The molecule has 0 aliphatic carbocycles. The highest BCUT2D eigenvalue weighted by Crippen LogP contribution is 2.20. The Bertz CT molecular complexity index is 327. The molecule has 1 aromatic carbocycles. The van der Waals surface area contributed by atoms with Gasteiger partial charge in [0.2, 0.25) is 0 Å². The molecule has 2 nitrogen and oxygen atoms in total. The average molecular weight is 263 g/mol. The minimum atomic E-state index is 0.00661. The monoisotopic (exact) mass is 261 g/mol. The van der Waals surface area contributed by atoms with E-state index < -0.39 is 0 Å². The molecule has 0 bridgehead atoms. The van der Waals surface area contributed by atoms with Crippen molar-refractivity contribution in [2.45, 2.75) is 6.42 Å². The molecule has 0 aromatic heterocycles. The molecule has 0 aliphatic heterocycles. The number of carbonyl (C=O) groups is 1. The highest BCUT2D eigenvalue weighted by molar-refractivity contribution is 9.10. The van der Waals surface area contributed by atoms with E-state index in [-0.39, 0.29) is 11.7 Å². The van der Waals surface area contributed by atoms with Crippen LogP contribution in [0.5, 0.6) is 0 Å².